The smallest absolute Gasteiger partial charge is 0.326 e. The lowest BCUT2D eigenvalue weighted by molar-refractivity contribution is -0.142. The van der Waals surface area contributed by atoms with Gasteiger partial charge >= 0.3 is 5.97 Å². The van der Waals surface area contributed by atoms with Crippen molar-refractivity contribution in [2.45, 2.75) is 32.4 Å². The lowest BCUT2D eigenvalue weighted by Gasteiger charge is -2.18. The molecule has 2 amide bonds. The molecule has 0 radical (unpaired) electrons. The van der Waals surface area contributed by atoms with Crippen LogP contribution in [0.5, 0.6) is 5.75 Å². The van der Waals surface area contributed by atoms with Gasteiger partial charge in [0, 0.05) is 12.5 Å². The number of aliphatic carboxylic acids is 1. The maximum Gasteiger partial charge on any atom is 0.326 e. The number of carboxylic acid groups (broad SMARTS) is 1. The fraction of sp³-hybridized carbons (Fsp3) is 0.333. The standard InChI is InChI=1S/C18H21N3O6/c1-10-8-14(21-27-10)17(23)19-11(2)16(22)20-15(18(24)25)9-12-4-6-13(26-3)7-5-12/h4-8,11,15H,9H2,1-3H3,(H,19,23)(H,20,22)(H,24,25)/t11-,15-/m0/s1. The van der Waals surface area contributed by atoms with E-state index in [-0.39, 0.29) is 12.1 Å². The molecule has 0 unspecified atom stereocenters. The van der Waals surface area contributed by atoms with E-state index < -0.39 is 29.9 Å². The number of carbonyl (C=O) groups excluding carboxylic acids is 2. The summed E-state index contributed by atoms with van der Waals surface area (Å²) < 4.78 is 9.86. The average molecular weight is 375 g/mol. The Labute approximate surface area is 155 Å². The maximum atomic E-state index is 12.3. The third-order valence-corrected chi connectivity index (χ3v) is 3.81. The number of rotatable bonds is 8. The number of carbonyl (C=O) groups is 3. The molecule has 9 nitrogen and oxygen atoms in total. The number of methoxy groups -OCH3 is 1. The first-order valence-corrected chi connectivity index (χ1v) is 8.20. The van der Waals surface area contributed by atoms with Crippen molar-refractivity contribution < 1.29 is 28.8 Å². The first-order valence-electron chi connectivity index (χ1n) is 8.20. The third kappa shape index (κ3) is 5.56. The SMILES string of the molecule is COc1ccc(C[C@H](NC(=O)[C@H](C)NC(=O)c2cc(C)on2)C(=O)O)cc1. The van der Waals surface area contributed by atoms with Crippen LogP contribution < -0.4 is 15.4 Å². The normalized spacial score (nSPS) is 12.7. The molecule has 1 aromatic carbocycles. The van der Waals surface area contributed by atoms with Gasteiger partial charge in [-0.15, -0.1) is 0 Å². The molecule has 1 aromatic heterocycles. The molecule has 0 saturated carbocycles. The summed E-state index contributed by atoms with van der Waals surface area (Å²) in [6.07, 6.45) is 0.0915. The molecule has 1 heterocycles. The average Bonchev–Trinajstić information content (AvgIpc) is 3.08. The first kappa shape index (κ1) is 20.0. The number of aryl methyl sites for hydroxylation is 1. The number of amides is 2. The van der Waals surface area contributed by atoms with Crippen LogP contribution in [0.15, 0.2) is 34.9 Å². The molecule has 27 heavy (non-hydrogen) atoms. The van der Waals surface area contributed by atoms with Gasteiger partial charge in [-0.1, -0.05) is 17.3 Å². The molecule has 0 aliphatic rings. The molecule has 0 aliphatic heterocycles. The van der Waals surface area contributed by atoms with Crippen molar-refractivity contribution in [3.8, 4) is 5.75 Å². The lowest BCUT2D eigenvalue weighted by atomic mass is 10.1. The zero-order valence-corrected chi connectivity index (χ0v) is 15.2. The molecule has 9 heteroatoms. The van der Waals surface area contributed by atoms with Crippen LogP contribution in [0.2, 0.25) is 0 Å². The largest absolute Gasteiger partial charge is 0.497 e. The van der Waals surface area contributed by atoms with Crippen LogP contribution in [0.1, 0.15) is 28.7 Å². The van der Waals surface area contributed by atoms with Crippen molar-refractivity contribution >= 4 is 17.8 Å². The molecule has 144 valence electrons. The van der Waals surface area contributed by atoms with E-state index >= 15 is 0 Å². The molecule has 2 rings (SSSR count). The van der Waals surface area contributed by atoms with Crippen molar-refractivity contribution in [2.24, 2.45) is 0 Å². The number of hydrogen-bond acceptors (Lipinski definition) is 6. The summed E-state index contributed by atoms with van der Waals surface area (Å²) in [6, 6.07) is 6.20. The molecule has 3 N–H and O–H groups in total. The van der Waals surface area contributed by atoms with E-state index in [2.05, 4.69) is 15.8 Å². The Kier molecular flexibility index (Phi) is 6.53. The van der Waals surface area contributed by atoms with Crippen LogP contribution in [0, 0.1) is 6.92 Å². The third-order valence-electron chi connectivity index (χ3n) is 3.81. The van der Waals surface area contributed by atoms with Crippen LogP contribution in [0.3, 0.4) is 0 Å². The second-order valence-corrected chi connectivity index (χ2v) is 5.97. The summed E-state index contributed by atoms with van der Waals surface area (Å²) in [5, 5.41) is 17.8. The minimum absolute atomic E-state index is 0.0418. The molecule has 2 aromatic rings. The molecule has 0 spiro atoms. The van der Waals surface area contributed by atoms with E-state index in [1.165, 1.54) is 20.1 Å². The van der Waals surface area contributed by atoms with Gasteiger partial charge in [-0.3, -0.25) is 9.59 Å². The second kappa shape index (κ2) is 8.84. The van der Waals surface area contributed by atoms with Gasteiger partial charge in [0.2, 0.25) is 5.91 Å². The molecular formula is C18H21N3O6. The van der Waals surface area contributed by atoms with E-state index in [9.17, 15) is 19.5 Å². The molecule has 0 saturated heterocycles. The maximum absolute atomic E-state index is 12.3. The number of ether oxygens (including phenoxy) is 1. The summed E-state index contributed by atoms with van der Waals surface area (Å²) in [6.45, 7) is 3.09. The van der Waals surface area contributed by atoms with Gasteiger partial charge in [-0.05, 0) is 31.5 Å². The Bertz CT molecular complexity index is 815. The highest BCUT2D eigenvalue weighted by Crippen LogP contribution is 2.13. The number of benzene rings is 1. The van der Waals surface area contributed by atoms with Crippen molar-refractivity contribution in [3.05, 3.63) is 47.3 Å². The Morgan fingerprint density at radius 1 is 1.22 bits per heavy atom. The number of hydrogen-bond donors (Lipinski definition) is 3. The molecular weight excluding hydrogens is 354 g/mol. The summed E-state index contributed by atoms with van der Waals surface area (Å²) in [4.78, 5) is 35.8. The first-order chi connectivity index (χ1) is 12.8. The number of nitrogens with one attached hydrogen (secondary N) is 2. The van der Waals surface area contributed by atoms with E-state index in [1.54, 1.807) is 31.2 Å². The summed E-state index contributed by atoms with van der Waals surface area (Å²) in [5.74, 6) is -1.28. The Balaban J connectivity index is 1.96. The van der Waals surface area contributed by atoms with Crippen LogP contribution in [-0.2, 0) is 16.0 Å². The number of carboxylic acids is 1. The minimum Gasteiger partial charge on any atom is -0.497 e. The van der Waals surface area contributed by atoms with Gasteiger partial charge in [-0.25, -0.2) is 4.79 Å². The van der Waals surface area contributed by atoms with Gasteiger partial charge in [-0.2, -0.15) is 0 Å². The van der Waals surface area contributed by atoms with Gasteiger partial charge in [0.05, 0.1) is 7.11 Å². The second-order valence-electron chi connectivity index (χ2n) is 5.97. The van der Waals surface area contributed by atoms with Gasteiger partial charge < -0.3 is 25.0 Å². The van der Waals surface area contributed by atoms with Crippen LogP contribution in [0.4, 0.5) is 0 Å². The fourth-order valence-corrected chi connectivity index (χ4v) is 2.30. The Morgan fingerprint density at radius 2 is 1.89 bits per heavy atom. The molecule has 0 aliphatic carbocycles. The Morgan fingerprint density at radius 3 is 2.41 bits per heavy atom. The highest BCUT2D eigenvalue weighted by molar-refractivity contribution is 5.96. The van der Waals surface area contributed by atoms with E-state index in [4.69, 9.17) is 9.26 Å². The van der Waals surface area contributed by atoms with Crippen molar-refractivity contribution in [1.29, 1.82) is 0 Å². The Hall–Kier alpha value is -3.36. The molecule has 2 atom stereocenters. The minimum atomic E-state index is -1.18. The topological polar surface area (TPSA) is 131 Å². The highest BCUT2D eigenvalue weighted by atomic mass is 16.5. The highest BCUT2D eigenvalue weighted by Gasteiger charge is 2.25. The van der Waals surface area contributed by atoms with Gasteiger partial charge in [0.25, 0.3) is 5.91 Å². The lowest BCUT2D eigenvalue weighted by Crippen LogP contribution is -2.51. The predicted molar refractivity (Wildman–Crippen MR) is 94.4 cm³/mol. The van der Waals surface area contributed by atoms with Gasteiger partial charge in [0.15, 0.2) is 5.69 Å². The quantitative estimate of drug-likeness (QED) is 0.625. The number of aromatic nitrogens is 1. The number of nitrogens with zero attached hydrogens (tertiary/aromatic N) is 1. The van der Waals surface area contributed by atoms with Crippen molar-refractivity contribution in [1.82, 2.24) is 15.8 Å². The van der Waals surface area contributed by atoms with E-state index in [0.717, 1.165) is 5.56 Å². The fourth-order valence-electron chi connectivity index (χ4n) is 2.30. The van der Waals surface area contributed by atoms with Crippen molar-refractivity contribution in [3.63, 3.8) is 0 Å². The van der Waals surface area contributed by atoms with E-state index in [1.807, 2.05) is 0 Å². The summed E-state index contributed by atoms with van der Waals surface area (Å²) in [5.41, 5.74) is 0.762. The van der Waals surface area contributed by atoms with Gasteiger partial charge in [0.1, 0.15) is 23.6 Å². The van der Waals surface area contributed by atoms with Crippen LogP contribution in [0.25, 0.3) is 0 Å². The zero-order valence-electron chi connectivity index (χ0n) is 15.2. The zero-order chi connectivity index (χ0) is 20.0. The monoisotopic (exact) mass is 375 g/mol. The van der Waals surface area contributed by atoms with Crippen LogP contribution >= 0.6 is 0 Å². The van der Waals surface area contributed by atoms with E-state index in [0.29, 0.717) is 11.5 Å². The van der Waals surface area contributed by atoms with Crippen molar-refractivity contribution in [2.75, 3.05) is 7.11 Å². The molecule has 0 fully saturated rings. The van der Waals surface area contributed by atoms with Crippen LogP contribution in [-0.4, -0.2) is 47.2 Å². The predicted octanol–water partition coefficient (Wildman–Crippen LogP) is 0.922. The molecule has 0 bridgehead atoms. The summed E-state index contributed by atoms with van der Waals surface area (Å²) in [7, 11) is 1.53. The summed E-state index contributed by atoms with van der Waals surface area (Å²) >= 11 is 0.